The molecule has 126 valence electrons. The highest BCUT2D eigenvalue weighted by molar-refractivity contribution is 5.26. The Bertz CT molecular complexity index is 553. The molecule has 3 heteroatoms. The van der Waals surface area contributed by atoms with Gasteiger partial charge in [-0.3, -0.25) is 0 Å². The third kappa shape index (κ3) is 6.39. The second-order valence-electron chi connectivity index (χ2n) is 6.23. The van der Waals surface area contributed by atoms with E-state index in [1.54, 1.807) is 14.0 Å². The molecule has 0 fully saturated rings. The molecule has 1 aromatic heterocycles. The first-order valence-electron chi connectivity index (χ1n) is 8.09. The zero-order chi connectivity index (χ0) is 17.4. The third-order valence-corrected chi connectivity index (χ3v) is 3.67. The van der Waals surface area contributed by atoms with Crippen molar-refractivity contribution in [1.82, 2.24) is 4.98 Å². The number of aromatic nitrogens is 1. The number of methoxy groups -OCH3 is 1. The molecule has 1 unspecified atom stereocenters. The molecule has 0 saturated carbocycles. The molecular formula is C20H28FNO. The number of halogens is 1. The van der Waals surface area contributed by atoms with Gasteiger partial charge in [-0.2, -0.15) is 0 Å². The van der Waals surface area contributed by atoms with Crippen LogP contribution < -0.4 is 4.74 Å². The summed E-state index contributed by atoms with van der Waals surface area (Å²) < 4.78 is 17.8. The maximum absolute atomic E-state index is 12.9. The lowest BCUT2D eigenvalue weighted by Crippen LogP contribution is -1.91. The van der Waals surface area contributed by atoms with E-state index in [2.05, 4.69) is 32.7 Å². The minimum Gasteiger partial charge on any atom is -0.481 e. The van der Waals surface area contributed by atoms with Crippen LogP contribution in [0.15, 0.2) is 42.6 Å². The number of rotatable bonds is 4. The molecule has 2 nitrogen and oxygen atoms in total. The number of nitrogens with zero attached hydrogens (tertiary/aromatic N) is 1. The van der Waals surface area contributed by atoms with Gasteiger partial charge < -0.3 is 4.74 Å². The molecule has 0 aliphatic rings. The third-order valence-electron chi connectivity index (χ3n) is 3.67. The highest BCUT2D eigenvalue weighted by Gasteiger charge is 2.04. The van der Waals surface area contributed by atoms with E-state index >= 15 is 0 Å². The van der Waals surface area contributed by atoms with Gasteiger partial charge in [-0.15, -0.1) is 0 Å². The van der Waals surface area contributed by atoms with Crippen LogP contribution >= 0.6 is 0 Å². The van der Waals surface area contributed by atoms with Crippen molar-refractivity contribution in [3.8, 4) is 5.88 Å². The molecule has 1 aromatic carbocycles. The quantitative estimate of drug-likeness (QED) is 0.684. The summed E-state index contributed by atoms with van der Waals surface area (Å²) >= 11 is 0. The van der Waals surface area contributed by atoms with E-state index in [4.69, 9.17) is 4.74 Å². The van der Waals surface area contributed by atoms with Gasteiger partial charge in [0.05, 0.1) is 7.11 Å². The second kappa shape index (κ2) is 9.29. The Balaban J connectivity index is 0.000000231. The molecule has 0 spiro atoms. The Labute approximate surface area is 139 Å². The highest BCUT2D eigenvalue weighted by Crippen LogP contribution is 2.21. The number of pyridine rings is 1. The smallest absolute Gasteiger partial charge is 0.212 e. The summed E-state index contributed by atoms with van der Waals surface area (Å²) in [5.41, 5.74) is 3.23. The van der Waals surface area contributed by atoms with Gasteiger partial charge in [-0.25, -0.2) is 9.37 Å². The van der Waals surface area contributed by atoms with Crippen LogP contribution in [0.2, 0.25) is 0 Å². The zero-order valence-corrected chi connectivity index (χ0v) is 15.0. The highest BCUT2D eigenvalue weighted by atomic mass is 19.1. The monoisotopic (exact) mass is 317 g/mol. The lowest BCUT2D eigenvalue weighted by molar-refractivity contribution is 0.374. The maximum Gasteiger partial charge on any atom is 0.212 e. The van der Waals surface area contributed by atoms with Crippen molar-refractivity contribution in [3.05, 3.63) is 59.3 Å². The fourth-order valence-electron chi connectivity index (χ4n) is 2.02. The van der Waals surface area contributed by atoms with Crippen molar-refractivity contribution in [1.29, 1.82) is 0 Å². The van der Waals surface area contributed by atoms with Gasteiger partial charge in [-0.05, 0) is 35.4 Å². The van der Waals surface area contributed by atoms with Crippen LogP contribution in [0.4, 0.5) is 4.39 Å². The number of alkyl halides is 1. The molecule has 1 heterocycles. The summed E-state index contributed by atoms with van der Waals surface area (Å²) in [7, 11) is 1.62. The molecule has 0 aliphatic carbocycles. The van der Waals surface area contributed by atoms with E-state index in [0.717, 1.165) is 5.56 Å². The van der Waals surface area contributed by atoms with Crippen molar-refractivity contribution in [3.63, 3.8) is 0 Å². The summed E-state index contributed by atoms with van der Waals surface area (Å²) in [5.74, 6) is 1.69. The van der Waals surface area contributed by atoms with Gasteiger partial charge >= 0.3 is 0 Å². The minimum atomic E-state index is -0.858. The summed E-state index contributed by atoms with van der Waals surface area (Å²) in [6.45, 7) is 10.1. The van der Waals surface area contributed by atoms with E-state index in [9.17, 15) is 4.39 Å². The van der Waals surface area contributed by atoms with Gasteiger partial charge in [0.1, 0.15) is 6.17 Å². The van der Waals surface area contributed by atoms with Gasteiger partial charge in [0, 0.05) is 12.3 Å². The van der Waals surface area contributed by atoms with Crippen LogP contribution in [0.5, 0.6) is 5.88 Å². The molecule has 2 rings (SSSR count). The topological polar surface area (TPSA) is 22.1 Å². The first kappa shape index (κ1) is 19.1. The molecule has 0 aliphatic heterocycles. The predicted molar refractivity (Wildman–Crippen MR) is 94.9 cm³/mol. The second-order valence-corrected chi connectivity index (χ2v) is 6.23. The predicted octanol–water partition coefficient (Wildman–Crippen LogP) is 6.05. The molecule has 2 aromatic rings. The lowest BCUT2D eigenvalue weighted by atomic mass is 10.00. The Morgan fingerprint density at radius 1 is 0.870 bits per heavy atom. The van der Waals surface area contributed by atoms with Crippen LogP contribution in [-0.4, -0.2) is 12.1 Å². The number of benzene rings is 1. The van der Waals surface area contributed by atoms with Crippen molar-refractivity contribution in [2.45, 2.75) is 52.6 Å². The summed E-state index contributed by atoms with van der Waals surface area (Å²) in [5, 5.41) is 0. The zero-order valence-electron chi connectivity index (χ0n) is 15.0. The van der Waals surface area contributed by atoms with Gasteiger partial charge in [-0.1, -0.05) is 58.0 Å². The standard InChI is InChI=1S/C11H15F.C9H13NO/c1-8(2)10-5-4-6-11(7-10)9(3)12;1-7(2)8-4-5-9(11-3)10-6-8/h4-9H,1-3H3;4-7H,1-3H3. The molecule has 0 saturated heterocycles. The molecule has 0 radical (unpaired) electrons. The van der Waals surface area contributed by atoms with Crippen LogP contribution in [0.25, 0.3) is 0 Å². The molecule has 23 heavy (non-hydrogen) atoms. The van der Waals surface area contributed by atoms with Crippen molar-refractivity contribution in [2.24, 2.45) is 0 Å². The first-order valence-corrected chi connectivity index (χ1v) is 8.09. The average Bonchev–Trinajstić information content (AvgIpc) is 2.55. The average molecular weight is 317 g/mol. The molecule has 0 bridgehead atoms. The fourth-order valence-corrected chi connectivity index (χ4v) is 2.02. The molecular weight excluding hydrogens is 289 g/mol. The summed E-state index contributed by atoms with van der Waals surface area (Å²) in [4.78, 5) is 4.10. The van der Waals surface area contributed by atoms with Crippen LogP contribution in [-0.2, 0) is 0 Å². The summed E-state index contributed by atoms with van der Waals surface area (Å²) in [6.07, 6.45) is 0.993. The van der Waals surface area contributed by atoms with E-state index in [1.165, 1.54) is 11.1 Å². The Hall–Kier alpha value is -1.90. The van der Waals surface area contributed by atoms with Gasteiger partial charge in [0.2, 0.25) is 5.88 Å². The molecule has 1 atom stereocenters. The van der Waals surface area contributed by atoms with E-state index in [1.807, 2.05) is 42.6 Å². The number of hydrogen-bond donors (Lipinski definition) is 0. The van der Waals surface area contributed by atoms with Crippen molar-refractivity contribution < 1.29 is 9.13 Å². The molecule has 0 amide bonds. The Morgan fingerprint density at radius 3 is 1.91 bits per heavy atom. The number of hydrogen-bond acceptors (Lipinski definition) is 2. The first-order chi connectivity index (χ1) is 10.8. The Kier molecular flexibility index (Phi) is 7.73. The molecule has 0 N–H and O–H groups in total. The van der Waals surface area contributed by atoms with Gasteiger partial charge in [0.25, 0.3) is 0 Å². The van der Waals surface area contributed by atoms with E-state index in [0.29, 0.717) is 17.7 Å². The lowest BCUT2D eigenvalue weighted by Gasteiger charge is -2.08. The normalized spacial score (nSPS) is 11.9. The van der Waals surface area contributed by atoms with E-state index in [-0.39, 0.29) is 0 Å². The minimum absolute atomic E-state index is 0.476. The largest absolute Gasteiger partial charge is 0.481 e. The maximum atomic E-state index is 12.9. The Morgan fingerprint density at radius 2 is 1.48 bits per heavy atom. The van der Waals surface area contributed by atoms with Crippen LogP contribution in [0.1, 0.15) is 69.3 Å². The van der Waals surface area contributed by atoms with Gasteiger partial charge in [0.15, 0.2) is 0 Å². The fraction of sp³-hybridized carbons (Fsp3) is 0.450. The van der Waals surface area contributed by atoms with Crippen LogP contribution in [0, 0.1) is 0 Å². The van der Waals surface area contributed by atoms with Crippen molar-refractivity contribution in [2.75, 3.05) is 7.11 Å². The van der Waals surface area contributed by atoms with Crippen molar-refractivity contribution >= 4 is 0 Å². The SMILES string of the molecule is CC(C)c1cccc(C(C)F)c1.COc1ccc(C(C)C)cn1. The van der Waals surface area contributed by atoms with E-state index < -0.39 is 6.17 Å². The number of ether oxygens (including phenoxy) is 1. The van der Waals surface area contributed by atoms with Crippen LogP contribution in [0.3, 0.4) is 0 Å². The summed E-state index contributed by atoms with van der Waals surface area (Å²) in [6, 6.07) is 11.6.